The van der Waals surface area contributed by atoms with Gasteiger partial charge in [0.25, 0.3) is 0 Å². The number of aryl methyl sites for hydroxylation is 1. The zero-order valence-electron chi connectivity index (χ0n) is 7.90. The molecule has 0 radical (unpaired) electrons. The fourth-order valence-corrected chi connectivity index (χ4v) is 1.68. The van der Waals surface area contributed by atoms with Crippen molar-refractivity contribution in [2.24, 2.45) is 0 Å². The second-order valence-electron chi connectivity index (χ2n) is 3.02. The lowest BCUT2D eigenvalue weighted by atomic mass is 10.1. The summed E-state index contributed by atoms with van der Waals surface area (Å²) < 4.78 is 24.2. The molecule has 0 unspecified atom stereocenters. The molecular formula is C9H10N2O2S. The van der Waals surface area contributed by atoms with Crippen molar-refractivity contribution in [3.8, 4) is 6.07 Å². The molecule has 0 aromatic heterocycles. The van der Waals surface area contributed by atoms with Gasteiger partial charge in [-0.2, -0.15) is 5.26 Å². The van der Waals surface area contributed by atoms with Crippen molar-refractivity contribution in [3.63, 3.8) is 0 Å². The molecule has 0 saturated carbocycles. The Balaban J connectivity index is 3.09. The van der Waals surface area contributed by atoms with E-state index in [1.54, 1.807) is 25.1 Å². The van der Waals surface area contributed by atoms with Crippen LogP contribution in [0.1, 0.15) is 11.1 Å². The van der Waals surface area contributed by atoms with Gasteiger partial charge in [0, 0.05) is 0 Å². The molecule has 0 aliphatic carbocycles. The number of nitrogens with zero attached hydrogens (tertiary/aromatic N) is 1. The highest BCUT2D eigenvalue weighted by molar-refractivity contribution is 7.92. The number of hydrogen-bond donors (Lipinski definition) is 1. The van der Waals surface area contributed by atoms with Crippen LogP contribution in [-0.2, 0) is 10.0 Å². The van der Waals surface area contributed by atoms with Crippen molar-refractivity contribution >= 4 is 15.7 Å². The predicted molar refractivity (Wildman–Crippen MR) is 54.4 cm³/mol. The van der Waals surface area contributed by atoms with E-state index in [0.29, 0.717) is 11.3 Å². The maximum atomic E-state index is 10.9. The first-order valence-corrected chi connectivity index (χ1v) is 5.80. The van der Waals surface area contributed by atoms with Crippen LogP contribution in [0.3, 0.4) is 0 Å². The monoisotopic (exact) mass is 210 g/mol. The molecule has 0 aliphatic heterocycles. The van der Waals surface area contributed by atoms with Crippen LogP contribution < -0.4 is 4.72 Å². The van der Waals surface area contributed by atoms with Crippen molar-refractivity contribution in [1.82, 2.24) is 0 Å². The summed E-state index contributed by atoms with van der Waals surface area (Å²) >= 11 is 0. The molecule has 0 heterocycles. The molecule has 0 fully saturated rings. The normalized spacial score (nSPS) is 10.6. The highest BCUT2D eigenvalue weighted by atomic mass is 32.2. The van der Waals surface area contributed by atoms with E-state index in [9.17, 15) is 8.42 Å². The average Bonchev–Trinajstić information content (AvgIpc) is 2.06. The van der Waals surface area contributed by atoms with Gasteiger partial charge >= 0.3 is 0 Å². The van der Waals surface area contributed by atoms with E-state index < -0.39 is 10.0 Å². The molecule has 0 bridgehead atoms. The van der Waals surface area contributed by atoms with Crippen LogP contribution in [0, 0.1) is 18.3 Å². The highest BCUT2D eigenvalue weighted by Gasteiger charge is 2.04. The summed E-state index contributed by atoms with van der Waals surface area (Å²) in [6.07, 6.45) is 1.09. The van der Waals surface area contributed by atoms with Crippen LogP contribution in [-0.4, -0.2) is 14.7 Å². The van der Waals surface area contributed by atoms with E-state index in [-0.39, 0.29) is 0 Å². The largest absolute Gasteiger partial charge is 0.284 e. The highest BCUT2D eigenvalue weighted by Crippen LogP contribution is 2.16. The number of hydrogen-bond acceptors (Lipinski definition) is 3. The third-order valence-corrected chi connectivity index (χ3v) is 2.24. The molecular weight excluding hydrogens is 200 g/mol. The summed E-state index contributed by atoms with van der Waals surface area (Å²) in [5.41, 5.74) is 1.75. The molecule has 0 amide bonds. The summed E-state index contributed by atoms with van der Waals surface area (Å²) in [7, 11) is -3.25. The lowest BCUT2D eigenvalue weighted by Crippen LogP contribution is -2.10. The molecule has 1 N–H and O–H groups in total. The molecule has 14 heavy (non-hydrogen) atoms. The van der Waals surface area contributed by atoms with Crippen molar-refractivity contribution < 1.29 is 8.42 Å². The number of rotatable bonds is 2. The van der Waals surface area contributed by atoms with Gasteiger partial charge in [-0.1, -0.05) is 0 Å². The number of nitriles is 1. The average molecular weight is 210 g/mol. The summed E-state index contributed by atoms with van der Waals surface area (Å²) in [5, 5.41) is 8.60. The number of benzene rings is 1. The molecule has 0 spiro atoms. The van der Waals surface area contributed by atoms with Crippen LogP contribution in [0.4, 0.5) is 5.69 Å². The van der Waals surface area contributed by atoms with Gasteiger partial charge in [0.1, 0.15) is 0 Å². The lowest BCUT2D eigenvalue weighted by molar-refractivity contribution is 0.607. The van der Waals surface area contributed by atoms with Crippen molar-refractivity contribution in [2.75, 3.05) is 11.0 Å². The van der Waals surface area contributed by atoms with Gasteiger partial charge in [0.05, 0.1) is 23.6 Å². The molecule has 74 valence electrons. The van der Waals surface area contributed by atoms with Crippen LogP contribution >= 0.6 is 0 Å². The van der Waals surface area contributed by atoms with Gasteiger partial charge in [-0.15, -0.1) is 0 Å². The SMILES string of the molecule is Cc1cc(C#N)ccc1NS(C)(=O)=O. The fourth-order valence-electron chi connectivity index (χ4n) is 1.05. The number of anilines is 1. The molecule has 0 aliphatic rings. The predicted octanol–water partition coefficient (Wildman–Crippen LogP) is 1.24. The summed E-state index contributed by atoms with van der Waals surface area (Å²) in [4.78, 5) is 0. The zero-order valence-corrected chi connectivity index (χ0v) is 8.72. The first-order valence-electron chi connectivity index (χ1n) is 3.91. The Morgan fingerprint density at radius 3 is 2.50 bits per heavy atom. The second kappa shape index (κ2) is 3.68. The third-order valence-electron chi connectivity index (χ3n) is 1.65. The Kier molecular flexibility index (Phi) is 2.77. The smallest absolute Gasteiger partial charge is 0.229 e. The zero-order chi connectivity index (χ0) is 10.8. The maximum Gasteiger partial charge on any atom is 0.229 e. The number of sulfonamides is 1. The Hall–Kier alpha value is -1.54. The van der Waals surface area contributed by atoms with Gasteiger partial charge in [0.2, 0.25) is 10.0 Å². The van der Waals surface area contributed by atoms with E-state index in [1.165, 1.54) is 0 Å². The van der Waals surface area contributed by atoms with Crippen molar-refractivity contribution in [2.45, 2.75) is 6.92 Å². The molecule has 0 atom stereocenters. The van der Waals surface area contributed by atoms with Crippen LogP contribution in [0.5, 0.6) is 0 Å². The van der Waals surface area contributed by atoms with E-state index >= 15 is 0 Å². The van der Waals surface area contributed by atoms with Crippen LogP contribution in [0.2, 0.25) is 0 Å². The third kappa shape index (κ3) is 2.75. The van der Waals surface area contributed by atoms with Gasteiger partial charge < -0.3 is 0 Å². The first-order chi connectivity index (χ1) is 6.42. The summed E-state index contributed by atoms with van der Waals surface area (Å²) in [5.74, 6) is 0. The molecule has 1 aromatic carbocycles. The second-order valence-corrected chi connectivity index (χ2v) is 4.76. The van der Waals surface area contributed by atoms with Gasteiger partial charge in [-0.25, -0.2) is 8.42 Å². The molecule has 0 saturated heterocycles. The standard InChI is InChI=1S/C9H10N2O2S/c1-7-5-8(6-10)3-4-9(7)11-14(2,12)13/h3-5,11H,1-2H3. The minimum Gasteiger partial charge on any atom is -0.284 e. The Morgan fingerprint density at radius 2 is 2.07 bits per heavy atom. The lowest BCUT2D eigenvalue weighted by Gasteiger charge is -2.06. The van der Waals surface area contributed by atoms with Gasteiger partial charge in [0.15, 0.2) is 0 Å². The quantitative estimate of drug-likeness (QED) is 0.798. The summed E-state index contributed by atoms with van der Waals surface area (Å²) in [6, 6.07) is 6.76. The van der Waals surface area contributed by atoms with Crippen LogP contribution in [0.25, 0.3) is 0 Å². The van der Waals surface area contributed by atoms with Gasteiger partial charge in [-0.3, -0.25) is 4.72 Å². The van der Waals surface area contributed by atoms with Crippen molar-refractivity contribution in [3.05, 3.63) is 29.3 Å². The maximum absolute atomic E-state index is 10.9. The van der Waals surface area contributed by atoms with Crippen LogP contribution in [0.15, 0.2) is 18.2 Å². The van der Waals surface area contributed by atoms with Crippen molar-refractivity contribution in [1.29, 1.82) is 5.26 Å². The number of nitrogens with one attached hydrogen (secondary N) is 1. The first kappa shape index (κ1) is 10.5. The topological polar surface area (TPSA) is 70.0 Å². The van der Waals surface area contributed by atoms with E-state index in [2.05, 4.69) is 4.72 Å². The Morgan fingerprint density at radius 1 is 1.43 bits per heavy atom. The minimum atomic E-state index is -3.25. The van der Waals surface area contributed by atoms with E-state index in [1.807, 2.05) is 6.07 Å². The Bertz CT molecular complexity index is 486. The van der Waals surface area contributed by atoms with E-state index in [4.69, 9.17) is 5.26 Å². The minimum absolute atomic E-state index is 0.506. The van der Waals surface area contributed by atoms with E-state index in [0.717, 1.165) is 11.8 Å². The molecule has 5 heteroatoms. The molecule has 1 rings (SSSR count). The molecule has 4 nitrogen and oxygen atoms in total. The summed E-state index contributed by atoms with van der Waals surface area (Å²) in [6.45, 7) is 1.74. The fraction of sp³-hybridized carbons (Fsp3) is 0.222. The van der Waals surface area contributed by atoms with Gasteiger partial charge in [-0.05, 0) is 30.7 Å². The Labute approximate surface area is 83.2 Å². The molecule has 1 aromatic rings.